The van der Waals surface area contributed by atoms with E-state index in [0.29, 0.717) is 0 Å². The Bertz CT molecular complexity index is 16.0. The Hall–Kier alpha value is 4.92. The number of rotatable bonds is 0. The van der Waals surface area contributed by atoms with E-state index in [1.807, 2.05) is 0 Å². The first kappa shape index (κ1) is 75.9. The molecule has 8 heteroatoms. The van der Waals surface area contributed by atoms with Crippen molar-refractivity contribution in [3.05, 3.63) is 0 Å². The van der Waals surface area contributed by atoms with Crippen molar-refractivity contribution in [2.24, 2.45) is 0 Å². The van der Waals surface area contributed by atoms with Gasteiger partial charge in [0.1, 0.15) is 0 Å². The minimum atomic E-state index is 0. The van der Waals surface area contributed by atoms with Crippen LogP contribution in [0.15, 0.2) is 0 Å². The van der Waals surface area contributed by atoms with Crippen LogP contribution in [-0.4, -0.2) is 155 Å². The predicted octanol–water partition coefficient (Wildman–Crippen LogP) is -2.00. The maximum Gasteiger partial charge on any atom is 2.00 e. The number of hydrogen-bond acceptors (Lipinski definition) is 0. The molecule has 4 nitrogen and oxygen atoms in total. The van der Waals surface area contributed by atoms with Gasteiger partial charge in [-0.3, -0.25) is 0 Å². The molecule has 0 saturated carbocycles. The van der Waals surface area contributed by atoms with Crippen molar-refractivity contribution in [3.63, 3.8) is 0 Å². The second-order valence-electron chi connectivity index (χ2n) is 0. The van der Waals surface area contributed by atoms with E-state index in [-0.39, 0.29) is 177 Å². The van der Waals surface area contributed by atoms with E-state index in [0.717, 1.165) is 0 Å². The van der Waals surface area contributed by atoms with Gasteiger partial charge in [0.25, 0.3) is 0 Å². The second-order valence-corrected chi connectivity index (χ2v) is 0. The fraction of sp³-hybridized carbons (Fsp3) is 0. The van der Waals surface area contributed by atoms with Crippen molar-refractivity contribution in [1.82, 2.24) is 0 Å². The van der Waals surface area contributed by atoms with Crippen molar-refractivity contribution >= 4 is 155 Å². The summed E-state index contributed by atoms with van der Waals surface area (Å²) in [4.78, 5) is 0. The van der Waals surface area contributed by atoms with Gasteiger partial charge >= 0.3 is 155 Å². The molecule has 32 valence electrons. The molecule has 0 unspecified atom stereocenters. The molecule has 0 bridgehead atoms. The average Bonchev–Trinajstić information content (AvgIpc) is 0. The molecule has 0 rings (SSSR count). The Morgan fingerprint density at radius 2 is 0.625 bits per heavy atom. The van der Waals surface area contributed by atoms with Crippen molar-refractivity contribution in [2.45, 2.75) is 0 Å². The van der Waals surface area contributed by atoms with E-state index in [1.165, 1.54) is 0 Å². The normalized spacial score (nSPS) is 0. The van der Waals surface area contributed by atoms with Crippen molar-refractivity contribution in [2.75, 3.05) is 0 Å². The SMILES string of the molecule is [Ba+2].[Ca+2].[Mg+2].[O-2].[O-2].[O-2].[O-2].[Sr+2]. The summed E-state index contributed by atoms with van der Waals surface area (Å²) in [5, 5.41) is 0. The van der Waals surface area contributed by atoms with Gasteiger partial charge in [-0.25, -0.2) is 0 Å². The van der Waals surface area contributed by atoms with E-state index in [1.54, 1.807) is 0 Å². The van der Waals surface area contributed by atoms with E-state index in [9.17, 15) is 0 Å². The maximum absolute atomic E-state index is 0. The molecule has 0 aliphatic carbocycles. The van der Waals surface area contributed by atoms with Crippen LogP contribution in [0.5, 0.6) is 0 Å². The van der Waals surface area contributed by atoms with Gasteiger partial charge in [-0.05, 0) is 0 Å². The van der Waals surface area contributed by atoms with E-state index in [4.69, 9.17) is 0 Å². The van der Waals surface area contributed by atoms with Crippen LogP contribution in [-0.2, 0) is 21.9 Å². The summed E-state index contributed by atoms with van der Waals surface area (Å²) in [5.74, 6) is 0. The van der Waals surface area contributed by atoms with E-state index in [2.05, 4.69) is 0 Å². The molecule has 0 heterocycles. The molecule has 0 saturated heterocycles. The molecule has 0 N–H and O–H groups in total. The Morgan fingerprint density at radius 1 is 0.625 bits per heavy atom. The first-order chi connectivity index (χ1) is 0. The van der Waals surface area contributed by atoms with Crippen LogP contribution in [0.25, 0.3) is 0 Å². The topological polar surface area (TPSA) is 114 Å². The van der Waals surface area contributed by atoms with E-state index < -0.39 is 0 Å². The zero-order chi connectivity index (χ0) is 0. The van der Waals surface area contributed by atoms with Crippen molar-refractivity contribution < 1.29 is 21.9 Å². The first-order valence-corrected chi connectivity index (χ1v) is 0. The molecule has 0 aromatic carbocycles. The summed E-state index contributed by atoms with van der Waals surface area (Å²) in [7, 11) is 0. The molecule has 8 heavy (non-hydrogen) atoms. The largest absolute Gasteiger partial charge is 2.00 e. The van der Waals surface area contributed by atoms with Gasteiger partial charge in [-0.15, -0.1) is 0 Å². The van der Waals surface area contributed by atoms with Gasteiger partial charge in [0, 0.05) is 0 Å². The summed E-state index contributed by atoms with van der Waals surface area (Å²) in [6.45, 7) is 0. The molecule has 0 fully saturated rings. The smallest absolute Gasteiger partial charge is 2.00 e. The van der Waals surface area contributed by atoms with Crippen molar-refractivity contribution in [1.29, 1.82) is 0 Å². The second kappa shape index (κ2) is 58.7. The van der Waals surface area contributed by atoms with Gasteiger partial charge in [0.2, 0.25) is 0 Å². The summed E-state index contributed by atoms with van der Waals surface area (Å²) >= 11 is 0. The predicted molar refractivity (Wildman–Crippen MR) is 25.8 cm³/mol. The molecule has 0 atom stereocenters. The molecule has 0 aromatic heterocycles. The average molecular weight is 353 g/mol. The Labute approximate surface area is 172 Å². The first-order valence-electron chi connectivity index (χ1n) is 0. The zero-order valence-electron chi connectivity index (χ0n) is 4.46. The van der Waals surface area contributed by atoms with Crippen LogP contribution < -0.4 is 0 Å². The third-order valence-corrected chi connectivity index (χ3v) is 0. The quantitative estimate of drug-likeness (QED) is 0.449. The molecule has 0 spiro atoms. The summed E-state index contributed by atoms with van der Waals surface area (Å²) in [6.07, 6.45) is 0. The standard InChI is InChI=1S/Ba.Ca.Mg.4O.Sr/q3*+2;4*-2;+2. The summed E-state index contributed by atoms with van der Waals surface area (Å²) in [6, 6.07) is 0. The van der Waals surface area contributed by atoms with E-state index >= 15 is 0 Å². The molecular weight excluding hydrogens is 353 g/mol. The monoisotopic (exact) mass is 354 g/mol. The third kappa shape index (κ3) is 44.4. The van der Waals surface area contributed by atoms with Crippen LogP contribution in [0.2, 0.25) is 0 Å². The Kier molecular flexibility index (Phi) is 557. The number of hydrogen-bond donors (Lipinski definition) is 0. The molecule has 0 radical (unpaired) electrons. The minimum absolute atomic E-state index is 0. The van der Waals surface area contributed by atoms with Crippen LogP contribution in [0.4, 0.5) is 0 Å². The Balaban J connectivity index is 0. The van der Waals surface area contributed by atoms with Crippen LogP contribution in [0.1, 0.15) is 0 Å². The molecule has 0 amide bonds. The van der Waals surface area contributed by atoms with Gasteiger partial charge in [0.05, 0.1) is 0 Å². The Morgan fingerprint density at radius 3 is 0.625 bits per heavy atom. The van der Waals surface area contributed by atoms with Gasteiger partial charge in [-0.1, -0.05) is 0 Å². The molecule has 0 aliphatic heterocycles. The van der Waals surface area contributed by atoms with Crippen molar-refractivity contribution in [3.8, 4) is 0 Å². The maximum atomic E-state index is 0. The van der Waals surface area contributed by atoms with Crippen LogP contribution in [0, 0.1) is 0 Å². The zero-order valence-corrected chi connectivity index (χ0v) is 16.0. The fourth-order valence-corrected chi connectivity index (χ4v) is 0. The summed E-state index contributed by atoms with van der Waals surface area (Å²) in [5.41, 5.74) is 0. The van der Waals surface area contributed by atoms with Gasteiger partial charge in [0.15, 0.2) is 0 Å². The third-order valence-electron chi connectivity index (χ3n) is 0. The van der Waals surface area contributed by atoms with Crippen LogP contribution in [0.3, 0.4) is 0 Å². The minimum Gasteiger partial charge on any atom is -2.00 e. The molecule has 0 aliphatic rings. The van der Waals surface area contributed by atoms with Crippen LogP contribution >= 0.6 is 0 Å². The molecule has 0 aromatic rings. The van der Waals surface area contributed by atoms with Gasteiger partial charge in [-0.2, -0.15) is 0 Å². The fourth-order valence-electron chi connectivity index (χ4n) is 0. The molecular formula is BaCaMgO4Sr. The summed E-state index contributed by atoms with van der Waals surface area (Å²) < 4.78 is 0. The van der Waals surface area contributed by atoms with Gasteiger partial charge < -0.3 is 21.9 Å².